The van der Waals surface area contributed by atoms with Crippen LogP contribution in [-0.4, -0.2) is 36.7 Å². The van der Waals surface area contributed by atoms with Gasteiger partial charge in [-0.15, -0.1) is 11.3 Å². The number of rotatable bonds is 5. The molecule has 1 fully saturated rings. The first kappa shape index (κ1) is 22.1. The summed E-state index contributed by atoms with van der Waals surface area (Å²) in [7, 11) is -3.55. The van der Waals surface area contributed by atoms with Gasteiger partial charge in [-0.05, 0) is 55.2 Å². The maximum atomic E-state index is 12.8. The Morgan fingerprint density at radius 3 is 2.41 bits per heavy atom. The molecule has 4 rings (SSSR count). The van der Waals surface area contributed by atoms with Crippen molar-refractivity contribution in [1.82, 2.24) is 9.29 Å². The predicted octanol–water partition coefficient (Wildman–Crippen LogP) is 4.35. The molecule has 0 atom stereocenters. The molecule has 1 saturated heterocycles. The van der Waals surface area contributed by atoms with Gasteiger partial charge >= 0.3 is 0 Å². The highest BCUT2D eigenvalue weighted by Gasteiger charge is 2.28. The van der Waals surface area contributed by atoms with Gasteiger partial charge in [0.15, 0.2) is 5.13 Å². The van der Waals surface area contributed by atoms with E-state index in [1.54, 1.807) is 24.3 Å². The zero-order chi connectivity index (χ0) is 22.7. The molecule has 3 aromatic rings. The van der Waals surface area contributed by atoms with Crippen molar-refractivity contribution >= 4 is 32.4 Å². The standard InChI is InChI=1S/C23H22N4O3S2/c1-16-10-12-27(13-11-16)32(29,30)20-8-6-19(7-9-20)22(28)26-23-25-21(15-31-23)18-4-2-17(14-24)3-5-18/h2-9,15-16H,10-13H2,1H3,(H,25,26,28). The lowest BCUT2D eigenvalue weighted by Gasteiger charge is -2.29. The number of anilines is 1. The maximum absolute atomic E-state index is 12.8. The highest BCUT2D eigenvalue weighted by Crippen LogP contribution is 2.26. The first-order chi connectivity index (χ1) is 15.4. The molecule has 0 radical (unpaired) electrons. The molecule has 7 nitrogen and oxygen atoms in total. The largest absolute Gasteiger partial charge is 0.298 e. The van der Waals surface area contributed by atoms with Crippen LogP contribution in [0.3, 0.4) is 0 Å². The monoisotopic (exact) mass is 466 g/mol. The zero-order valence-corrected chi connectivity index (χ0v) is 19.1. The number of nitrogens with zero attached hydrogens (tertiary/aromatic N) is 3. The Kier molecular flexibility index (Phi) is 6.37. The van der Waals surface area contributed by atoms with Crippen LogP contribution in [0.2, 0.25) is 0 Å². The number of sulfonamides is 1. The molecule has 1 aliphatic heterocycles. The van der Waals surface area contributed by atoms with Gasteiger partial charge in [-0.2, -0.15) is 9.57 Å². The summed E-state index contributed by atoms with van der Waals surface area (Å²) in [6.07, 6.45) is 1.72. The van der Waals surface area contributed by atoms with Crippen LogP contribution < -0.4 is 5.32 Å². The van der Waals surface area contributed by atoms with Crippen LogP contribution in [0.25, 0.3) is 11.3 Å². The van der Waals surface area contributed by atoms with Crippen LogP contribution in [0, 0.1) is 17.2 Å². The fourth-order valence-corrected chi connectivity index (χ4v) is 5.69. The van der Waals surface area contributed by atoms with E-state index in [4.69, 9.17) is 5.26 Å². The summed E-state index contributed by atoms with van der Waals surface area (Å²) in [6, 6.07) is 15.1. The third-order valence-electron chi connectivity index (χ3n) is 5.53. The van der Waals surface area contributed by atoms with Crippen LogP contribution in [0.4, 0.5) is 5.13 Å². The molecule has 9 heteroatoms. The summed E-state index contributed by atoms with van der Waals surface area (Å²) in [5.74, 6) is 0.178. The van der Waals surface area contributed by atoms with Crippen molar-refractivity contribution in [3.05, 3.63) is 65.0 Å². The van der Waals surface area contributed by atoms with Crippen LogP contribution in [0.5, 0.6) is 0 Å². The van der Waals surface area contributed by atoms with Crippen molar-refractivity contribution < 1.29 is 13.2 Å². The summed E-state index contributed by atoms with van der Waals surface area (Å²) in [4.78, 5) is 17.2. The van der Waals surface area contributed by atoms with Crippen molar-refractivity contribution in [3.63, 3.8) is 0 Å². The average Bonchev–Trinajstić information content (AvgIpc) is 3.28. The molecule has 0 bridgehead atoms. The summed E-state index contributed by atoms with van der Waals surface area (Å²) >= 11 is 1.29. The minimum atomic E-state index is -3.55. The number of amides is 1. The SMILES string of the molecule is CC1CCN(S(=O)(=O)c2ccc(C(=O)Nc3nc(-c4ccc(C#N)cc4)cs3)cc2)CC1. The Balaban J connectivity index is 1.43. The Labute approximate surface area is 191 Å². The van der Waals surface area contributed by atoms with E-state index in [0.717, 1.165) is 18.4 Å². The predicted molar refractivity (Wildman–Crippen MR) is 124 cm³/mol. The fraction of sp³-hybridized carbons (Fsp3) is 0.261. The lowest BCUT2D eigenvalue weighted by Crippen LogP contribution is -2.37. The topological polar surface area (TPSA) is 103 Å². The Hall–Kier alpha value is -3.06. The van der Waals surface area contributed by atoms with E-state index in [1.165, 1.54) is 39.9 Å². The first-order valence-corrected chi connectivity index (χ1v) is 12.6. The van der Waals surface area contributed by atoms with Crippen molar-refractivity contribution in [3.8, 4) is 17.3 Å². The van der Waals surface area contributed by atoms with Crippen molar-refractivity contribution in [2.24, 2.45) is 5.92 Å². The molecule has 0 aliphatic carbocycles. The molecule has 2 aromatic carbocycles. The van der Waals surface area contributed by atoms with Crippen molar-refractivity contribution in [2.75, 3.05) is 18.4 Å². The van der Waals surface area contributed by atoms with E-state index in [-0.39, 0.29) is 10.8 Å². The number of carbonyl (C=O) groups is 1. The second-order valence-electron chi connectivity index (χ2n) is 7.79. The number of carbonyl (C=O) groups excluding carboxylic acids is 1. The number of hydrogen-bond donors (Lipinski definition) is 1. The molecule has 2 heterocycles. The molecule has 1 N–H and O–H groups in total. The molecule has 164 valence electrons. The van der Waals surface area contributed by atoms with E-state index in [1.807, 2.05) is 5.38 Å². The van der Waals surface area contributed by atoms with Gasteiger partial charge in [-0.1, -0.05) is 19.1 Å². The van der Waals surface area contributed by atoms with E-state index >= 15 is 0 Å². The molecule has 1 aliphatic rings. The van der Waals surface area contributed by atoms with Gasteiger partial charge < -0.3 is 0 Å². The maximum Gasteiger partial charge on any atom is 0.257 e. The quantitative estimate of drug-likeness (QED) is 0.602. The minimum Gasteiger partial charge on any atom is -0.298 e. The Bertz CT molecular complexity index is 1250. The van der Waals surface area contributed by atoms with Gasteiger partial charge in [0.25, 0.3) is 5.91 Å². The van der Waals surface area contributed by atoms with E-state index < -0.39 is 10.0 Å². The van der Waals surface area contributed by atoms with Gasteiger partial charge in [-0.25, -0.2) is 13.4 Å². The second-order valence-corrected chi connectivity index (χ2v) is 10.6. The van der Waals surface area contributed by atoms with Gasteiger partial charge in [0.05, 0.1) is 22.2 Å². The van der Waals surface area contributed by atoms with Gasteiger partial charge in [0.1, 0.15) is 0 Å². The lowest BCUT2D eigenvalue weighted by atomic mass is 10.0. The van der Waals surface area contributed by atoms with Crippen LogP contribution in [0.15, 0.2) is 58.8 Å². The molecule has 0 unspecified atom stereocenters. The third kappa shape index (κ3) is 4.72. The van der Waals surface area contributed by atoms with Crippen molar-refractivity contribution in [2.45, 2.75) is 24.7 Å². The lowest BCUT2D eigenvalue weighted by molar-refractivity contribution is 0.102. The number of hydrogen-bond acceptors (Lipinski definition) is 6. The van der Waals surface area contributed by atoms with Crippen LogP contribution >= 0.6 is 11.3 Å². The minimum absolute atomic E-state index is 0.195. The van der Waals surface area contributed by atoms with E-state index in [2.05, 4.69) is 23.3 Å². The van der Waals surface area contributed by atoms with Crippen LogP contribution in [-0.2, 0) is 10.0 Å². The third-order valence-corrected chi connectivity index (χ3v) is 8.20. The first-order valence-electron chi connectivity index (χ1n) is 10.2. The number of benzene rings is 2. The fourth-order valence-electron chi connectivity index (χ4n) is 3.50. The molecular weight excluding hydrogens is 444 g/mol. The van der Waals surface area contributed by atoms with Crippen molar-refractivity contribution in [1.29, 1.82) is 5.26 Å². The summed E-state index contributed by atoms with van der Waals surface area (Å²) in [5, 5.41) is 13.9. The number of aromatic nitrogens is 1. The summed E-state index contributed by atoms with van der Waals surface area (Å²) in [6.45, 7) is 3.18. The average molecular weight is 467 g/mol. The second kappa shape index (κ2) is 9.20. The number of thiazole rings is 1. The molecule has 1 amide bonds. The molecular formula is C23H22N4O3S2. The number of nitriles is 1. The van der Waals surface area contributed by atoms with Gasteiger partial charge in [0.2, 0.25) is 10.0 Å². The highest BCUT2D eigenvalue weighted by atomic mass is 32.2. The summed E-state index contributed by atoms with van der Waals surface area (Å²) < 4.78 is 27.2. The number of nitrogens with one attached hydrogen (secondary N) is 1. The van der Waals surface area contributed by atoms with Crippen LogP contribution in [0.1, 0.15) is 35.7 Å². The van der Waals surface area contributed by atoms with E-state index in [9.17, 15) is 13.2 Å². The molecule has 32 heavy (non-hydrogen) atoms. The smallest absolute Gasteiger partial charge is 0.257 e. The van der Waals surface area contributed by atoms with E-state index in [0.29, 0.717) is 41.0 Å². The normalized spacial score (nSPS) is 15.2. The molecule has 0 saturated carbocycles. The number of piperidine rings is 1. The highest BCUT2D eigenvalue weighted by molar-refractivity contribution is 7.89. The van der Waals surface area contributed by atoms with Gasteiger partial charge in [0, 0.05) is 29.6 Å². The molecule has 0 spiro atoms. The van der Waals surface area contributed by atoms with Gasteiger partial charge in [-0.3, -0.25) is 10.1 Å². The zero-order valence-electron chi connectivity index (χ0n) is 17.5. The summed E-state index contributed by atoms with van der Waals surface area (Å²) in [5.41, 5.74) is 2.47. The molecule has 1 aromatic heterocycles. The Morgan fingerprint density at radius 1 is 1.12 bits per heavy atom. The Morgan fingerprint density at radius 2 is 1.78 bits per heavy atom.